The average molecular weight is 246 g/mol. The molecule has 1 aliphatic rings. The molecule has 0 aromatic heterocycles. The van der Waals surface area contributed by atoms with Gasteiger partial charge in [-0.25, -0.2) is 0 Å². The molecule has 1 N–H and O–H groups in total. The van der Waals surface area contributed by atoms with Crippen molar-refractivity contribution in [3.05, 3.63) is 71.4 Å². The number of allylic oxidation sites excluding steroid dienone is 10. The third-order valence-corrected chi connectivity index (χ3v) is 3.23. The van der Waals surface area contributed by atoms with E-state index in [0.717, 1.165) is 5.57 Å². The Bertz CT molecular complexity index is 409. The SMILES string of the molecule is C/C=C/C=C/C=C/C=C/C1=CSC(C)C(O)=C1. The Balaban J connectivity index is 2.45. The van der Waals surface area contributed by atoms with Gasteiger partial charge in [-0.1, -0.05) is 48.6 Å². The van der Waals surface area contributed by atoms with Crippen molar-refractivity contribution < 1.29 is 5.11 Å². The van der Waals surface area contributed by atoms with Crippen LogP contribution in [0.4, 0.5) is 0 Å². The number of thioether (sulfide) groups is 1. The number of rotatable bonds is 4. The van der Waals surface area contributed by atoms with Gasteiger partial charge in [0.1, 0.15) is 5.76 Å². The van der Waals surface area contributed by atoms with E-state index in [-0.39, 0.29) is 5.25 Å². The summed E-state index contributed by atoms with van der Waals surface area (Å²) in [6, 6.07) is 0. The fourth-order valence-electron chi connectivity index (χ4n) is 1.19. The first-order chi connectivity index (χ1) is 8.24. The van der Waals surface area contributed by atoms with Crippen molar-refractivity contribution in [2.75, 3.05) is 0 Å². The standard InChI is InChI=1S/C15H18OS/c1-3-4-5-6-7-8-9-10-14-11-15(16)13(2)17-12-14/h3-13,16H,1-2H3/b4-3+,6-5+,8-7+,10-9+. The Morgan fingerprint density at radius 2 is 1.76 bits per heavy atom. The van der Waals surface area contributed by atoms with Crippen LogP contribution in [-0.2, 0) is 0 Å². The second-order valence-electron chi connectivity index (χ2n) is 3.62. The lowest BCUT2D eigenvalue weighted by molar-refractivity contribution is 0.398. The van der Waals surface area contributed by atoms with Gasteiger partial charge in [-0.3, -0.25) is 0 Å². The van der Waals surface area contributed by atoms with E-state index in [2.05, 4.69) is 5.41 Å². The highest BCUT2D eigenvalue weighted by Gasteiger charge is 2.10. The summed E-state index contributed by atoms with van der Waals surface area (Å²) >= 11 is 1.63. The van der Waals surface area contributed by atoms with Crippen LogP contribution in [0.1, 0.15) is 13.8 Å². The summed E-state index contributed by atoms with van der Waals surface area (Å²) in [4.78, 5) is 0. The Labute approximate surface area is 108 Å². The van der Waals surface area contributed by atoms with Gasteiger partial charge in [0.15, 0.2) is 0 Å². The van der Waals surface area contributed by atoms with Crippen LogP contribution in [0.2, 0.25) is 0 Å². The zero-order valence-corrected chi connectivity index (χ0v) is 11.0. The molecule has 0 spiro atoms. The Hall–Kier alpha value is -1.41. The first kappa shape index (κ1) is 13.7. The molecule has 1 rings (SSSR count). The van der Waals surface area contributed by atoms with Gasteiger partial charge >= 0.3 is 0 Å². The fourth-order valence-corrected chi connectivity index (χ4v) is 1.91. The summed E-state index contributed by atoms with van der Waals surface area (Å²) in [6.45, 7) is 3.97. The summed E-state index contributed by atoms with van der Waals surface area (Å²) < 4.78 is 0. The molecule has 0 fully saturated rings. The first-order valence-corrected chi connectivity index (χ1v) is 6.57. The molecule has 1 atom stereocenters. The van der Waals surface area contributed by atoms with Crippen molar-refractivity contribution >= 4 is 11.8 Å². The lowest BCUT2D eigenvalue weighted by Crippen LogP contribution is -2.02. The third kappa shape index (κ3) is 5.45. The van der Waals surface area contributed by atoms with Crippen molar-refractivity contribution in [3.8, 4) is 0 Å². The van der Waals surface area contributed by atoms with Crippen molar-refractivity contribution in [1.82, 2.24) is 0 Å². The van der Waals surface area contributed by atoms with E-state index < -0.39 is 0 Å². The minimum atomic E-state index is 0.173. The minimum absolute atomic E-state index is 0.173. The molecule has 0 saturated heterocycles. The van der Waals surface area contributed by atoms with E-state index in [4.69, 9.17) is 0 Å². The summed E-state index contributed by atoms with van der Waals surface area (Å²) in [5, 5.41) is 11.8. The van der Waals surface area contributed by atoms with E-state index in [0.29, 0.717) is 5.76 Å². The molecule has 1 aliphatic heterocycles. The number of aliphatic hydroxyl groups is 1. The second-order valence-corrected chi connectivity index (χ2v) is 4.84. The van der Waals surface area contributed by atoms with E-state index in [9.17, 15) is 5.11 Å². The first-order valence-electron chi connectivity index (χ1n) is 5.63. The van der Waals surface area contributed by atoms with Gasteiger partial charge in [0.2, 0.25) is 0 Å². The maximum atomic E-state index is 9.58. The highest BCUT2D eigenvalue weighted by atomic mass is 32.2. The van der Waals surface area contributed by atoms with Crippen LogP contribution < -0.4 is 0 Å². The highest BCUT2D eigenvalue weighted by molar-refractivity contribution is 8.02. The molecule has 0 aromatic carbocycles. The van der Waals surface area contributed by atoms with E-state index in [1.54, 1.807) is 17.8 Å². The van der Waals surface area contributed by atoms with Gasteiger partial charge in [0.05, 0.1) is 5.25 Å². The van der Waals surface area contributed by atoms with Crippen LogP contribution in [0.3, 0.4) is 0 Å². The van der Waals surface area contributed by atoms with Crippen LogP contribution in [0.25, 0.3) is 0 Å². The van der Waals surface area contributed by atoms with Crippen LogP contribution in [0.5, 0.6) is 0 Å². The summed E-state index contributed by atoms with van der Waals surface area (Å²) in [7, 11) is 0. The molecule has 1 unspecified atom stereocenters. The van der Waals surface area contributed by atoms with Crippen molar-refractivity contribution in [2.45, 2.75) is 19.1 Å². The molecule has 0 aromatic rings. The molecule has 0 bridgehead atoms. The second kappa shape index (κ2) is 7.80. The lowest BCUT2D eigenvalue weighted by Gasteiger charge is -2.12. The van der Waals surface area contributed by atoms with Gasteiger partial charge in [0.25, 0.3) is 0 Å². The third-order valence-electron chi connectivity index (χ3n) is 2.18. The van der Waals surface area contributed by atoms with Gasteiger partial charge in [-0.2, -0.15) is 0 Å². The molecule has 0 radical (unpaired) electrons. The molecule has 0 aliphatic carbocycles. The molecule has 1 heterocycles. The zero-order chi connectivity index (χ0) is 12.5. The zero-order valence-electron chi connectivity index (χ0n) is 10.2. The monoisotopic (exact) mass is 246 g/mol. The molecule has 1 nitrogen and oxygen atoms in total. The minimum Gasteiger partial charge on any atom is -0.511 e. The van der Waals surface area contributed by atoms with Gasteiger partial charge in [-0.15, -0.1) is 11.8 Å². The molecule has 90 valence electrons. The van der Waals surface area contributed by atoms with Gasteiger partial charge in [0, 0.05) is 0 Å². The number of aliphatic hydroxyl groups excluding tert-OH is 1. The molecular formula is C15H18OS. The van der Waals surface area contributed by atoms with Crippen LogP contribution in [-0.4, -0.2) is 10.4 Å². The highest BCUT2D eigenvalue weighted by Crippen LogP contribution is 2.26. The van der Waals surface area contributed by atoms with Gasteiger partial charge < -0.3 is 5.11 Å². The molecule has 2 heteroatoms. The number of hydrogen-bond donors (Lipinski definition) is 1. The predicted octanol–water partition coefficient (Wildman–Crippen LogP) is 4.69. The average Bonchev–Trinajstić information content (AvgIpc) is 2.32. The Morgan fingerprint density at radius 3 is 2.41 bits per heavy atom. The molecule has 0 amide bonds. The fraction of sp³-hybridized carbons (Fsp3) is 0.200. The Kier molecular flexibility index (Phi) is 6.26. The van der Waals surface area contributed by atoms with E-state index in [1.807, 2.05) is 62.5 Å². The topological polar surface area (TPSA) is 20.2 Å². The quantitative estimate of drug-likeness (QED) is 0.726. The summed E-state index contributed by atoms with van der Waals surface area (Å²) in [5.41, 5.74) is 1.03. The summed E-state index contributed by atoms with van der Waals surface area (Å²) in [6.07, 6.45) is 17.6. The van der Waals surface area contributed by atoms with Crippen LogP contribution in [0, 0.1) is 0 Å². The number of hydrogen-bond acceptors (Lipinski definition) is 2. The van der Waals surface area contributed by atoms with E-state index in [1.165, 1.54) is 0 Å². The van der Waals surface area contributed by atoms with Crippen molar-refractivity contribution in [3.63, 3.8) is 0 Å². The summed E-state index contributed by atoms with van der Waals surface area (Å²) in [5.74, 6) is 0.439. The maximum absolute atomic E-state index is 9.58. The lowest BCUT2D eigenvalue weighted by atomic mass is 10.2. The van der Waals surface area contributed by atoms with Crippen LogP contribution >= 0.6 is 11.8 Å². The van der Waals surface area contributed by atoms with Crippen molar-refractivity contribution in [1.29, 1.82) is 0 Å². The van der Waals surface area contributed by atoms with Crippen molar-refractivity contribution in [2.24, 2.45) is 0 Å². The Morgan fingerprint density at radius 1 is 1.12 bits per heavy atom. The van der Waals surface area contributed by atoms with E-state index >= 15 is 0 Å². The predicted molar refractivity (Wildman–Crippen MR) is 78.1 cm³/mol. The van der Waals surface area contributed by atoms with Crippen LogP contribution in [0.15, 0.2) is 71.4 Å². The normalized spacial score (nSPS) is 21.9. The van der Waals surface area contributed by atoms with Gasteiger partial charge in [-0.05, 0) is 30.9 Å². The maximum Gasteiger partial charge on any atom is 0.106 e. The smallest absolute Gasteiger partial charge is 0.106 e. The molecular weight excluding hydrogens is 228 g/mol. The molecule has 17 heavy (non-hydrogen) atoms. The molecule has 0 saturated carbocycles. The largest absolute Gasteiger partial charge is 0.511 e.